The van der Waals surface area contributed by atoms with Gasteiger partial charge in [-0.3, -0.25) is 9.79 Å². The highest BCUT2D eigenvalue weighted by atomic mass is 16.1. The molecule has 0 aliphatic rings. The third-order valence-corrected chi connectivity index (χ3v) is 1.06. The second-order valence-corrected chi connectivity index (χ2v) is 1.90. The molecule has 2 heteroatoms. The summed E-state index contributed by atoms with van der Waals surface area (Å²) >= 11 is 0. The highest BCUT2D eigenvalue weighted by molar-refractivity contribution is 6.12. The van der Waals surface area contributed by atoms with Crippen molar-refractivity contribution in [1.82, 2.24) is 0 Å². The van der Waals surface area contributed by atoms with Gasteiger partial charge in [-0.15, -0.1) is 0 Å². The first-order valence-electron chi connectivity index (χ1n) is 3.35. The molecular formula is C7H13NO. The molecule has 0 aliphatic carbocycles. The highest BCUT2D eigenvalue weighted by Crippen LogP contribution is 1.92. The van der Waals surface area contributed by atoms with Crippen LogP contribution in [-0.4, -0.2) is 19.0 Å². The molecule has 0 aromatic rings. The number of nitrogens with zero attached hydrogens (tertiary/aromatic N) is 1. The Bertz CT molecular complexity index is 88.9. The van der Waals surface area contributed by atoms with Crippen LogP contribution in [0.4, 0.5) is 0 Å². The number of unbranched alkanes of at least 4 members (excludes halogenated alkanes) is 2. The van der Waals surface area contributed by atoms with Gasteiger partial charge in [0.1, 0.15) is 0 Å². The van der Waals surface area contributed by atoms with E-state index in [9.17, 15) is 4.79 Å². The van der Waals surface area contributed by atoms with Crippen LogP contribution in [0.5, 0.6) is 0 Å². The molecule has 0 heterocycles. The number of rotatable bonds is 5. The molecule has 0 fully saturated rings. The molecule has 0 N–H and O–H groups in total. The summed E-state index contributed by atoms with van der Waals surface area (Å²) in [6, 6.07) is 0. The standard InChI is InChI=1S/C7H13NO/c1-2-3-4-5-8-6-7-9/h6-7H,2-5H2,1H3. The summed E-state index contributed by atoms with van der Waals surface area (Å²) in [4.78, 5) is 13.5. The third kappa shape index (κ3) is 7.34. The van der Waals surface area contributed by atoms with Gasteiger partial charge in [-0.2, -0.15) is 0 Å². The maximum absolute atomic E-state index is 9.69. The second kappa shape index (κ2) is 7.34. The van der Waals surface area contributed by atoms with E-state index in [1.807, 2.05) is 0 Å². The molecule has 0 saturated carbocycles. The lowest BCUT2D eigenvalue weighted by Gasteiger charge is -1.88. The lowest BCUT2D eigenvalue weighted by molar-refractivity contribution is -0.102. The Kier molecular flexibility index (Phi) is 6.80. The summed E-state index contributed by atoms with van der Waals surface area (Å²) in [6.45, 7) is 2.94. The Hall–Kier alpha value is -0.660. The van der Waals surface area contributed by atoms with Crippen LogP contribution in [0, 0.1) is 0 Å². The van der Waals surface area contributed by atoms with Gasteiger partial charge in [-0.05, 0) is 6.42 Å². The van der Waals surface area contributed by atoms with Gasteiger partial charge < -0.3 is 0 Å². The molecule has 0 amide bonds. The van der Waals surface area contributed by atoms with E-state index in [1.54, 1.807) is 0 Å². The van der Waals surface area contributed by atoms with Gasteiger partial charge in [0.25, 0.3) is 0 Å². The fourth-order valence-electron chi connectivity index (χ4n) is 0.571. The average molecular weight is 127 g/mol. The van der Waals surface area contributed by atoms with Crippen molar-refractivity contribution in [1.29, 1.82) is 0 Å². The normalized spacial score (nSPS) is 10.3. The summed E-state index contributed by atoms with van der Waals surface area (Å²) in [5.74, 6) is 0. The van der Waals surface area contributed by atoms with E-state index >= 15 is 0 Å². The largest absolute Gasteiger partial charge is 0.297 e. The summed E-state index contributed by atoms with van der Waals surface area (Å²) in [5.41, 5.74) is 0. The zero-order chi connectivity index (χ0) is 6.95. The van der Waals surface area contributed by atoms with Gasteiger partial charge in [0.2, 0.25) is 0 Å². The van der Waals surface area contributed by atoms with E-state index in [0.717, 1.165) is 13.0 Å². The predicted octanol–water partition coefficient (Wildman–Crippen LogP) is 1.45. The van der Waals surface area contributed by atoms with Crippen molar-refractivity contribution >= 4 is 12.5 Å². The van der Waals surface area contributed by atoms with Crippen molar-refractivity contribution < 1.29 is 4.79 Å². The van der Waals surface area contributed by atoms with Crippen LogP contribution in [0.2, 0.25) is 0 Å². The highest BCUT2D eigenvalue weighted by Gasteiger charge is 1.79. The van der Waals surface area contributed by atoms with E-state index in [2.05, 4.69) is 11.9 Å². The maximum atomic E-state index is 9.69. The molecule has 0 bridgehead atoms. The number of aldehydes is 1. The molecule has 0 saturated heterocycles. The Morgan fingerprint density at radius 2 is 2.22 bits per heavy atom. The number of carbonyl (C=O) groups excluding carboxylic acids is 1. The van der Waals surface area contributed by atoms with E-state index in [-0.39, 0.29) is 0 Å². The molecule has 0 unspecified atom stereocenters. The SMILES string of the molecule is CCCCCN=CC=O. The second-order valence-electron chi connectivity index (χ2n) is 1.90. The van der Waals surface area contributed by atoms with E-state index in [4.69, 9.17) is 0 Å². The zero-order valence-corrected chi connectivity index (χ0v) is 5.84. The Morgan fingerprint density at radius 3 is 2.78 bits per heavy atom. The van der Waals surface area contributed by atoms with Gasteiger partial charge in [-0.1, -0.05) is 19.8 Å². The Morgan fingerprint density at radius 1 is 1.44 bits per heavy atom. The molecule has 0 radical (unpaired) electrons. The molecule has 0 atom stereocenters. The van der Waals surface area contributed by atoms with Gasteiger partial charge in [0.15, 0.2) is 6.29 Å². The fourth-order valence-corrected chi connectivity index (χ4v) is 0.571. The van der Waals surface area contributed by atoms with Gasteiger partial charge >= 0.3 is 0 Å². The summed E-state index contributed by atoms with van der Waals surface area (Å²) in [5, 5.41) is 0. The lowest BCUT2D eigenvalue weighted by Crippen LogP contribution is -1.82. The Balaban J connectivity index is 2.90. The minimum atomic E-state index is 0.714. The van der Waals surface area contributed by atoms with Crippen LogP contribution in [0.3, 0.4) is 0 Å². The van der Waals surface area contributed by atoms with Crippen molar-refractivity contribution in [3.63, 3.8) is 0 Å². The van der Waals surface area contributed by atoms with Crippen LogP contribution >= 0.6 is 0 Å². The zero-order valence-electron chi connectivity index (χ0n) is 5.84. The monoisotopic (exact) mass is 127 g/mol. The van der Waals surface area contributed by atoms with Crippen molar-refractivity contribution in [3.05, 3.63) is 0 Å². The molecule has 0 aromatic heterocycles. The minimum absolute atomic E-state index is 0.714. The number of carbonyl (C=O) groups is 1. The Labute approximate surface area is 56.0 Å². The van der Waals surface area contributed by atoms with Gasteiger partial charge in [-0.25, -0.2) is 0 Å². The van der Waals surface area contributed by atoms with Crippen molar-refractivity contribution in [2.45, 2.75) is 26.2 Å². The third-order valence-electron chi connectivity index (χ3n) is 1.06. The van der Waals surface area contributed by atoms with Crippen LogP contribution < -0.4 is 0 Å². The van der Waals surface area contributed by atoms with Crippen LogP contribution in [0.25, 0.3) is 0 Å². The molecule has 52 valence electrons. The first-order valence-corrected chi connectivity index (χ1v) is 3.35. The number of hydrogen-bond acceptors (Lipinski definition) is 2. The molecule has 0 aromatic carbocycles. The smallest absolute Gasteiger partial charge is 0.160 e. The molecule has 2 nitrogen and oxygen atoms in total. The topological polar surface area (TPSA) is 29.4 Å². The quantitative estimate of drug-likeness (QED) is 0.312. The van der Waals surface area contributed by atoms with Crippen LogP contribution in [0.15, 0.2) is 4.99 Å². The molecule has 0 rings (SSSR count). The summed E-state index contributed by atoms with van der Waals surface area (Å²) < 4.78 is 0. The molecular weight excluding hydrogens is 114 g/mol. The number of hydrogen-bond donors (Lipinski definition) is 0. The lowest BCUT2D eigenvalue weighted by atomic mass is 10.2. The summed E-state index contributed by atoms with van der Waals surface area (Å²) in [6.07, 6.45) is 5.54. The maximum Gasteiger partial charge on any atom is 0.160 e. The summed E-state index contributed by atoms with van der Waals surface area (Å²) in [7, 11) is 0. The van der Waals surface area contributed by atoms with Crippen molar-refractivity contribution in [2.24, 2.45) is 4.99 Å². The van der Waals surface area contributed by atoms with E-state index in [1.165, 1.54) is 19.1 Å². The van der Waals surface area contributed by atoms with Crippen molar-refractivity contribution in [2.75, 3.05) is 6.54 Å². The number of aliphatic imine (C=N–C) groups is 1. The van der Waals surface area contributed by atoms with Crippen molar-refractivity contribution in [3.8, 4) is 0 Å². The van der Waals surface area contributed by atoms with Gasteiger partial charge in [0.05, 0.1) is 6.21 Å². The molecule has 0 spiro atoms. The molecule has 0 aliphatic heterocycles. The molecule has 9 heavy (non-hydrogen) atoms. The van der Waals surface area contributed by atoms with Gasteiger partial charge in [0, 0.05) is 6.54 Å². The minimum Gasteiger partial charge on any atom is -0.297 e. The average Bonchev–Trinajstić information content (AvgIpc) is 1.89. The first kappa shape index (κ1) is 8.34. The fraction of sp³-hybridized carbons (Fsp3) is 0.714. The van der Waals surface area contributed by atoms with Crippen LogP contribution in [0.1, 0.15) is 26.2 Å². The first-order chi connectivity index (χ1) is 4.41. The predicted molar refractivity (Wildman–Crippen MR) is 38.9 cm³/mol. The van der Waals surface area contributed by atoms with E-state index in [0.29, 0.717) is 6.29 Å². The van der Waals surface area contributed by atoms with E-state index < -0.39 is 0 Å². The van der Waals surface area contributed by atoms with Crippen LogP contribution in [-0.2, 0) is 4.79 Å².